The molecule has 0 aliphatic carbocycles. The molecule has 128 valence electrons. The Balaban J connectivity index is 2.06. The highest BCUT2D eigenvalue weighted by Crippen LogP contribution is 2.25. The van der Waals surface area contributed by atoms with Gasteiger partial charge in [-0.25, -0.2) is 4.68 Å². The van der Waals surface area contributed by atoms with E-state index < -0.39 is 0 Å². The second-order valence-corrected chi connectivity index (χ2v) is 6.78. The number of aromatic nitrogens is 1. The first-order valence-electron chi connectivity index (χ1n) is 7.50. The minimum absolute atomic E-state index is 0.141. The molecular weight excluding hydrogens is 354 g/mol. The molecule has 1 N–H and O–H groups in total. The molecule has 2 aromatic heterocycles. The zero-order chi connectivity index (χ0) is 17.6. The average molecular weight is 371 g/mol. The number of aromatic hydroxyl groups is 1. The van der Waals surface area contributed by atoms with Crippen molar-refractivity contribution >= 4 is 28.9 Å². The molecule has 0 aliphatic rings. The second kappa shape index (κ2) is 7.96. The summed E-state index contributed by atoms with van der Waals surface area (Å²) >= 11 is 3.15. The maximum Gasteiger partial charge on any atom is 0.206 e. The van der Waals surface area contributed by atoms with Crippen LogP contribution in [-0.2, 0) is 0 Å². The van der Waals surface area contributed by atoms with Gasteiger partial charge in [0.05, 0.1) is 30.4 Å². The second-order valence-electron chi connectivity index (χ2n) is 4.99. The third-order valence-corrected chi connectivity index (χ3v) is 5.11. The fourth-order valence-electron chi connectivity index (χ4n) is 2.14. The van der Waals surface area contributed by atoms with Gasteiger partial charge in [-0.05, 0) is 29.6 Å². The quantitative estimate of drug-likeness (QED) is 0.527. The Morgan fingerprint density at radius 1 is 1.32 bits per heavy atom. The summed E-state index contributed by atoms with van der Waals surface area (Å²) in [6.45, 7) is 4.22. The monoisotopic (exact) mass is 371 g/mol. The van der Waals surface area contributed by atoms with Gasteiger partial charge in [-0.2, -0.15) is 5.10 Å². The van der Waals surface area contributed by atoms with Gasteiger partial charge in [-0.15, -0.1) is 29.3 Å². The van der Waals surface area contributed by atoms with E-state index >= 15 is 0 Å². The number of thiophene rings is 1. The predicted molar refractivity (Wildman–Crippen MR) is 104 cm³/mol. The molecule has 0 atom stereocenters. The van der Waals surface area contributed by atoms with E-state index in [4.69, 9.17) is 4.74 Å². The lowest BCUT2D eigenvalue weighted by Gasteiger charge is -2.04. The van der Waals surface area contributed by atoms with Crippen LogP contribution in [0.1, 0.15) is 5.56 Å². The lowest BCUT2D eigenvalue weighted by Crippen LogP contribution is -2.12. The molecule has 0 amide bonds. The van der Waals surface area contributed by atoms with E-state index in [1.165, 1.54) is 11.3 Å². The fourth-order valence-corrected chi connectivity index (χ4v) is 3.78. The van der Waals surface area contributed by atoms with Crippen LogP contribution in [0.4, 0.5) is 0 Å². The standard InChI is InChI=1S/C18H17N3O2S2/c1-3-8-19-18-21(15(12-25-18)17-5-4-9-24-17)20-11-13-10-14(23-2)6-7-16(13)22/h3-7,9-12,22H,1,8H2,2H3. The van der Waals surface area contributed by atoms with Crippen molar-refractivity contribution in [1.82, 2.24) is 4.68 Å². The van der Waals surface area contributed by atoms with Crippen molar-refractivity contribution in [3.63, 3.8) is 0 Å². The Bertz CT molecular complexity index is 953. The number of nitrogens with zero attached hydrogens (tertiary/aromatic N) is 3. The van der Waals surface area contributed by atoms with E-state index in [0.29, 0.717) is 17.9 Å². The molecule has 0 aliphatic heterocycles. The van der Waals surface area contributed by atoms with Crippen LogP contribution in [0.5, 0.6) is 11.5 Å². The highest BCUT2D eigenvalue weighted by Gasteiger charge is 2.08. The molecule has 3 aromatic rings. The van der Waals surface area contributed by atoms with E-state index in [9.17, 15) is 5.11 Å². The van der Waals surface area contributed by atoms with Gasteiger partial charge in [0.15, 0.2) is 0 Å². The minimum Gasteiger partial charge on any atom is -0.507 e. The molecule has 7 heteroatoms. The predicted octanol–water partition coefficient (Wildman–Crippen LogP) is 3.96. The Morgan fingerprint density at radius 2 is 2.20 bits per heavy atom. The molecular formula is C18H17N3O2S2. The largest absolute Gasteiger partial charge is 0.507 e. The van der Waals surface area contributed by atoms with E-state index in [-0.39, 0.29) is 5.75 Å². The van der Waals surface area contributed by atoms with Crippen molar-refractivity contribution in [2.45, 2.75) is 0 Å². The first-order valence-corrected chi connectivity index (χ1v) is 9.26. The third-order valence-electron chi connectivity index (χ3n) is 3.36. The highest BCUT2D eigenvalue weighted by atomic mass is 32.1. The molecule has 0 bridgehead atoms. The summed E-state index contributed by atoms with van der Waals surface area (Å²) in [7, 11) is 1.59. The number of methoxy groups -OCH3 is 1. The fraction of sp³-hybridized carbons (Fsp3) is 0.111. The van der Waals surface area contributed by atoms with Crippen LogP contribution in [0, 0.1) is 0 Å². The van der Waals surface area contributed by atoms with Gasteiger partial charge >= 0.3 is 0 Å². The molecule has 5 nitrogen and oxygen atoms in total. The van der Waals surface area contributed by atoms with E-state index in [1.807, 2.05) is 22.9 Å². The maximum atomic E-state index is 10.0. The smallest absolute Gasteiger partial charge is 0.206 e. The normalized spacial score (nSPS) is 12.0. The third kappa shape index (κ3) is 3.89. The van der Waals surface area contributed by atoms with Crippen molar-refractivity contribution in [2.75, 3.05) is 13.7 Å². The van der Waals surface area contributed by atoms with E-state index in [0.717, 1.165) is 15.4 Å². The number of phenolic OH excluding ortho intramolecular Hbond substituents is 1. The van der Waals surface area contributed by atoms with Gasteiger partial charge in [0.2, 0.25) is 4.80 Å². The first-order chi connectivity index (χ1) is 12.2. The molecule has 25 heavy (non-hydrogen) atoms. The van der Waals surface area contributed by atoms with E-state index in [1.54, 1.807) is 53.6 Å². The molecule has 0 radical (unpaired) electrons. The number of rotatable bonds is 6. The molecule has 0 saturated heterocycles. The lowest BCUT2D eigenvalue weighted by molar-refractivity contribution is 0.412. The van der Waals surface area contributed by atoms with Crippen LogP contribution < -0.4 is 9.54 Å². The minimum atomic E-state index is 0.141. The number of thiazole rings is 1. The number of hydrogen-bond donors (Lipinski definition) is 1. The van der Waals surface area contributed by atoms with Crippen molar-refractivity contribution in [1.29, 1.82) is 0 Å². The van der Waals surface area contributed by atoms with Crippen LogP contribution in [0.2, 0.25) is 0 Å². The first kappa shape index (κ1) is 17.2. The van der Waals surface area contributed by atoms with Crippen LogP contribution in [0.3, 0.4) is 0 Å². The zero-order valence-electron chi connectivity index (χ0n) is 13.6. The molecule has 0 unspecified atom stereocenters. The Hall–Kier alpha value is -2.64. The summed E-state index contributed by atoms with van der Waals surface area (Å²) in [5.74, 6) is 0.798. The van der Waals surface area contributed by atoms with Crippen molar-refractivity contribution in [2.24, 2.45) is 10.1 Å². The van der Waals surface area contributed by atoms with Gasteiger partial charge in [0, 0.05) is 10.9 Å². The van der Waals surface area contributed by atoms with Gasteiger partial charge in [0.1, 0.15) is 11.5 Å². The summed E-state index contributed by atoms with van der Waals surface area (Å²) in [4.78, 5) is 6.36. The van der Waals surface area contributed by atoms with Crippen molar-refractivity contribution in [3.8, 4) is 22.1 Å². The van der Waals surface area contributed by atoms with Gasteiger partial charge < -0.3 is 9.84 Å². The van der Waals surface area contributed by atoms with Gasteiger partial charge in [-0.1, -0.05) is 12.1 Å². The number of hydrogen-bond acceptors (Lipinski definition) is 6. The number of benzene rings is 1. The molecule has 2 heterocycles. The van der Waals surface area contributed by atoms with Crippen molar-refractivity contribution in [3.05, 3.63) is 64.1 Å². The molecule has 0 saturated carbocycles. The average Bonchev–Trinajstić information content (AvgIpc) is 3.28. The van der Waals surface area contributed by atoms with Crippen LogP contribution in [0.15, 0.2) is 63.8 Å². The van der Waals surface area contributed by atoms with Crippen LogP contribution in [-0.4, -0.2) is 29.7 Å². The number of ether oxygens (including phenoxy) is 1. The summed E-state index contributed by atoms with van der Waals surface area (Å²) in [6.07, 6.45) is 3.35. The summed E-state index contributed by atoms with van der Waals surface area (Å²) < 4.78 is 6.98. The SMILES string of the molecule is C=CCN=c1scc(-c2cccs2)n1N=Cc1cc(OC)ccc1O. The van der Waals surface area contributed by atoms with Gasteiger partial charge in [-0.3, -0.25) is 4.99 Å². The molecule has 1 aromatic carbocycles. The molecule has 0 fully saturated rings. The lowest BCUT2D eigenvalue weighted by atomic mass is 10.2. The van der Waals surface area contributed by atoms with E-state index in [2.05, 4.69) is 16.7 Å². The topological polar surface area (TPSA) is 59.1 Å². The molecule has 3 rings (SSSR count). The Labute approximate surface area is 153 Å². The Kier molecular flexibility index (Phi) is 5.47. The number of phenols is 1. The van der Waals surface area contributed by atoms with Gasteiger partial charge in [0.25, 0.3) is 0 Å². The summed E-state index contributed by atoms with van der Waals surface area (Å²) in [6, 6.07) is 9.06. The summed E-state index contributed by atoms with van der Waals surface area (Å²) in [5, 5.41) is 18.6. The highest BCUT2D eigenvalue weighted by molar-refractivity contribution is 7.14. The zero-order valence-corrected chi connectivity index (χ0v) is 15.3. The van der Waals surface area contributed by atoms with Crippen molar-refractivity contribution < 1.29 is 9.84 Å². The van der Waals surface area contributed by atoms with Crippen LogP contribution in [0.25, 0.3) is 10.6 Å². The Morgan fingerprint density at radius 3 is 2.92 bits per heavy atom. The summed E-state index contributed by atoms with van der Waals surface area (Å²) in [5.41, 5.74) is 1.53. The molecule has 0 spiro atoms. The maximum absolute atomic E-state index is 10.0. The van der Waals surface area contributed by atoms with Crippen LogP contribution >= 0.6 is 22.7 Å².